The van der Waals surface area contributed by atoms with E-state index in [4.69, 9.17) is 10.5 Å². The van der Waals surface area contributed by atoms with Crippen molar-refractivity contribution in [1.82, 2.24) is 4.98 Å². The number of hydrogen-bond donors (Lipinski definition) is 2. The summed E-state index contributed by atoms with van der Waals surface area (Å²) >= 11 is 0. The highest BCUT2D eigenvalue weighted by molar-refractivity contribution is 5.95. The minimum atomic E-state index is -1.00. The Hall–Kier alpha value is -1.82. The van der Waals surface area contributed by atoms with Crippen molar-refractivity contribution in [3.63, 3.8) is 0 Å². The first-order chi connectivity index (χ1) is 8.50. The van der Waals surface area contributed by atoms with E-state index in [0.29, 0.717) is 12.3 Å². The van der Waals surface area contributed by atoms with Crippen LogP contribution in [0.4, 0.5) is 11.5 Å². The van der Waals surface area contributed by atoms with Gasteiger partial charge in [-0.1, -0.05) is 0 Å². The van der Waals surface area contributed by atoms with E-state index in [1.54, 1.807) is 0 Å². The van der Waals surface area contributed by atoms with Crippen LogP contribution in [0.3, 0.4) is 0 Å². The Balaban J connectivity index is 2.35. The zero-order chi connectivity index (χ0) is 13.3. The predicted molar refractivity (Wildman–Crippen MR) is 67.8 cm³/mol. The Bertz CT molecular complexity index is 464. The third-order valence-electron chi connectivity index (χ3n) is 3.35. The van der Waals surface area contributed by atoms with Gasteiger partial charge in [0.25, 0.3) is 0 Å². The second-order valence-corrected chi connectivity index (χ2v) is 4.47. The normalized spacial score (nSPS) is 23.0. The minimum Gasteiger partial charge on any atom is -0.478 e. The van der Waals surface area contributed by atoms with Gasteiger partial charge in [-0.2, -0.15) is 0 Å². The summed E-state index contributed by atoms with van der Waals surface area (Å²) in [5.74, 6) is -0.794. The number of carbonyl (C=O) groups is 1. The van der Waals surface area contributed by atoms with Crippen LogP contribution in [-0.4, -0.2) is 41.9 Å². The molecule has 3 N–H and O–H groups in total. The molecule has 0 radical (unpaired) electrons. The van der Waals surface area contributed by atoms with Gasteiger partial charge in [0.05, 0.1) is 29.6 Å². The summed E-state index contributed by atoms with van der Waals surface area (Å²) in [5.41, 5.74) is 6.27. The number of carboxylic acids is 1. The van der Waals surface area contributed by atoms with Crippen LogP contribution in [-0.2, 0) is 4.74 Å². The number of anilines is 2. The van der Waals surface area contributed by atoms with Crippen LogP contribution in [0.2, 0.25) is 0 Å². The maximum Gasteiger partial charge on any atom is 0.338 e. The lowest BCUT2D eigenvalue weighted by atomic mass is 10.1. The number of rotatable bonds is 3. The summed E-state index contributed by atoms with van der Waals surface area (Å²) < 4.78 is 5.50. The van der Waals surface area contributed by atoms with Gasteiger partial charge in [0.15, 0.2) is 0 Å². The van der Waals surface area contributed by atoms with Crippen LogP contribution in [0, 0.1) is 0 Å². The van der Waals surface area contributed by atoms with E-state index >= 15 is 0 Å². The Morgan fingerprint density at radius 2 is 2.39 bits per heavy atom. The topological polar surface area (TPSA) is 88.7 Å². The molecule has 0 saturated carbocycles. The molecular weight excluding hydrogens is 234 g/mol. The SMILES string of the molecule is CC1OCCC1N(C)c1cnc(N)cc1C(=O)O. The highest BCUT2D eigenvalue weighted by atomic mass is 16.5. The van der Waals surface area contributed by atoms with E-state index in [-0.39, 0.29) is 23.5 Å². The standard InChI is InChI=1S/C12H17N3O3/c1-7-9(3-4-18-7)15(2)10-6-14-11(13)5-8(10)12(16)17/h5-7,9H,3-4H2,1-2H3,(H2,13,14)(H,16,17). The summed E-state index contributed by atoms with van der Waals surface area (Å²) in [7, 11) is 1.86. The predicted octanol–water partition coefficient (Wildman–Crippen LogP) is 0.976. The lowest BCUT2D eigenvalue weighted by molar-refractivity contribution is 0.0697. The highest BCUT2D eigenvalue weighted by Gasteiger charge is 2.30. The number of nitrogens with zero attached hydrogens (tertiary/aromatic N) is 2. The molecule has 1 saturated heterocycles. The van der Waals surface area contributed by atoms with Gasteiger partial charge < -0.3 is 20.5 Å². The molecule has 1 aliphatic heterocycles. The van der Waals surface area contributed by atoms with Gasteiger partial charge >= 0.3 is 5.97 Å². The fraction of sp³-hybridized carbons (Fsp3) is 0.500. The molecule has 2 atom stereocenters. The number of nitrogens with two attached hydrogens (primary N) is 1. The van der Waals surface area contributed by atoms with Crippen LogP contribution in [0.25, 0.3) is 0 Å². The van der Waals surface area contributed by atoms with Crippen LogP contribution < -0.4 is 10.6 Å². The average molecular weight is 251 g/mol. The molecule has 0 spiro atoms. The van der Waals surface area contributed by atoms with Gasteiger partial charge in [-0.3, -0.25) is 0 Å². The number of hydrogen-bond acceptors (Lipinski definition) is 5. The quantitative estimate of drug-likeness (QED) is 0.832. The smallest absolute Gasteiger partial charge is 0.338 e. The molecule has 0 amide bonds. The first-order valence-electron chi connectivity index (χ1n) is 5.84. The number of ether oxygens (including phenoxy) is 1. The highest BCUT2D eigenvalue weighted by Crippen LogP contribution is 2.27. The molecule has 0 aromatic carbocycles. The fourth-order valence-electron chi connectivity index (χ4n) is 2.32. The van der Waals surface area contributed by atoms with Crippen molar-refractivity contribution in [3.8, 4) is 0 Å². The lowest BCUT2D eigenvalue weighted by Crippen LogP contribution is -2.37. The van der Waals surface area contributed by atoms with Gasteiger partial charge in [-0.05, 0) is 19.4 Å². The molecule has 2 heterocycles. The summed E-state index contributed by atoms with van der Waals surface area (Å²) in [6.45, 7) is 2.68. The second kappa shape index (κ2) is 4.81. The van der Waals surface area contributed by atoms with Crippen LogP contribution >= 0.6 is 0 Å². The van der Waals surface area contributed by atoms with Gasteiger partial charge in [0.1, 0.15) is 5.82 Å². The number of aromatic nitrogens is 1. The molecule has 98 valence electrons. The molecule has 1 aromatic rings. The van der Waals surface area contributed by atoms with Gasteiger partial charge in [0, 0.05) is 13.7 Å². The van der Waals surface area contributed by atoms with E-state index in [0.717, 1.165) is 6.42 Å². The Morgan fingerprint density at radius 1 is 1.67 bits per heavy atom. The molecule has 1 aromatic heterocycles. The van der Waals surface area contributed by atoms with E-state index < -0.39 is 5.97 Å². The van der Waals surface area contributed by atoms with Crippen molar-refractivity contribution in [2.24, 2.45) is 0 Å². The molecule has 6 heteroatoms. The summed E-state index contributed by atoms with van der Waals surface area (Å²) in [5, 5.41) is 9.21. The van der Waals surface area contributed by atoms with Crippen molar-refractivity contribution >= 4 is 17.5 Å². The number of pyridine rings is 1. The molecule has 18 heavy (non-hydrogen) atoms. The number of aromatic carboxylic acids is 1. The molecule has 1 aliphatic rings. The first-order valence-corrected chi connectivity index (χ1v) is 5.84. The minimum absolute atomic E-state index is 0.0780. The van der Waals surface area contributed by atoms with E-state index in [1.165, 1.54) is 12.3 Å². The maximum absolute atomic E-state index is 11.2. The monoisotopic (exact) mass is 251 g/mol. The van der Waals surface area contributed by atoms with Crippen molar-refractivity contribution in [2.45, 2.75) is 25.5 Å². The third kappa shape index (κ3) is 2.24. The molecule has 1 fully saturated rings. The van der Waals surface area contributed by atoms with E-state index in [2.05, 4.69) is 4.98 Å². The maximum atomic E-state index is 11.2. The summed E-state index contributed by atoms with van der Waals surface area (Å²) in [6, 6.07) is 1.54. The van der Waals surface area contributed by atoms with Crippen LogP contribution in [0.1, 0.15) is 23.7 Å². The number of carboxylic acid groups (broad SMARTS) is 1. The van der Waals surface area contributed by atoms with Crippen LogP contribution in [0.15, 0.2) is 12.3 Å². The molecular formula is C12H17N3O3. The lowest BCUT2D eigenvalue weighted by Gasteiger charge is -2.29. The molecule has 0 aliphatic carbocycles. The molecule has 2 rings (SSSR count). The molecule has 0 bridgehead atoms. The first kappa shape index (κ1) is 12.6. The average Bonchev–Trinajstić information content (AvgIpc) is 2.74. The van der Waals surface area contributed by atoms with Crippen molar-refractivity contribution in [3.05, 3.63) is 17.8 Å². The van der Waals surface area contributed by atoms with E-state index in [9.17, 15) is 9.90 Å². The van der Waals surface area contributed by atoms with Crippen molar-refractivity contribution < 1.29 is 14.6 Å². The zero-order valence-corrected chi connectivity index (χ0v) is 10.5. The Morgan fingerprint density at radius 3 is 2.94 bits per heavy atom. The Kier molecular flexibility index (Phi) is 3.38. The Labute approximate surface area is 105 Å². The van der Waals surface area contributed by atoms with Gasteiger partial charge in [0.2, 0.25) is 0 Å². The van der Waals surface area contributed by atoms with E-state index in [1.807, 2.05) is 18.9 Å². The van der Waals surface area contributed by atoms with Crippen LogP contribution in [0.5, 0.6) is 0 Å². The molecule has 6 nitrogen and oxygen atoms in total. The summed E-state index contributed by atoms with van der Waals surface area (Å²) in [6.07, 6.45) is 2.46. The largest absolute Gasteiger partial charge is 0.478 e. The van der Waals surface area contributed by atoms with Crippen molar-refractivity contribution in [1.29, 1.82) is 0 Å². The summed E-state index contributed by atoms with van der Waals surface area (Å²) in [4.78, 5) is 17.1. The fourth-order valence-corrected chi connectivity index (χ4v) is 2.32. The molecule has 2 unspecified atom stereocenters. The number of likely N-dealkylation sites (N-methyl/N-ethyl adjacent to an activating group) is 1. The number of nitrogen functional groups attached to an aromatic ring is 1. The van der Waals surface area contributed by atoms with Gasteiger partial charge in [-0.25, -0.2) is 9.78 Å². The second-order valence-electron chi connectivity index (χ2n) is 4.47. The van der Waals surface area contributed by atoms with Gasteiger partial charge in [-0.15, -0.1) is 0 Å². The third-order valence-corrected chi connectivity index (χ3v) is 3.35. The van der Waals surface area contributed by atoms with Crippen molar-refractivity contribution in [2.75, 3.05) is 24.3 Å². The zero-order valence-electron chi connectivity index (χ0n) is 10.5.